The van der Waals surface area contributed by atoms with Crippen LogP contribution >= 0.6 is 0 Å². The van der Waals surface area contributed by atoms with Crippen molar-refractivity contribution in [3.63, 3.8) is 0 Å². The Bertz CT molecular complexity index is 1150. The minimum absolute atomic E-state index is 0. The van der Waals surface area contributed by atoms with E-state index in [1.807, 2.05) is 24.3 Å². The zero-order chi connectivity index (χ0) is 23.0. The number of carbonyl (C=O) groups excluding carboxylic acids is 1. The van der Waals surface area contributed by atoms with E-state index in [2.05, 4.69) is 65.3 Å². The molecule has 3 aromatic rings. The third-order valence-corrected chi connectivity index (χ3v) is 5.98. The second-order valence-corrected chi connectivity index (χ2v) is 8.35. The minimum Gasteiger partial charge on any atom is -0.550 e. The molecular formula is C29H28NNaO3. The maximum atomic E-state index is 11.0. The normalized spacial score (nSPS) is 13.0. The average Bonchev–Trinajstić information content (AvgIpc) is 2.84. The molecule has 0 spiro atoms. The molecule has 0 bridgehead atoms. The molecular weight excluding hydrogens is 433 g/mol. The number of fused-ring (bicyclic) bond motifs is 1. The van der Waals surface area contributed by atoms with Crippen LogP contribution < -0.4 is 44.3 Å². The van der Waals surface area contributed by atoms with Gasteiger partial charge in [0.25, 0.3) is 0 Å². The Morgan fingerprint density at radius 2 is 1.74 bits per heavy atom. The summed E-state index contributed by atoms with van der Waals surface area (Å²) in [6, 6.07) is 24.7. The minimum atomic E-state index is -1.10. The molecule has 34 heavy (non-hydrogen) atoms. The molecule has 0 saturated carbocycles. The molecule has 3 aromatic carbocycles. The molecule has 4 nitrogen and oxygen atoms in total. The molecule has 0 fully saturated rings. The van der Waals surface area contributed by atoms with Crippen molar-refractivity contribution in [3.8, 4) is 17.6 Å². The van der Waals surface area contributed by atoms with E-state index in [0.717, 1.165) is 36.4 Å². The van der Waals surface area contributed by atoms with Gasteiger partial charge in [0.1, 0.15) is 12.4 Å². The van der Waals surface area contributed by atoms with Crippen molar-refractivity contribution in [2.75, 3.05) is 11.4 Å². The van der Waals surface area contributed by atoms with Gasteiger partial charge in [0.2, 0.25) is 0 Å². The van der Waals surface area contributed by atoms with Gasteiger partial charge in [0.05, 0.1) is 5.92 Å². The van der Waals surface area contributed by atoms with E-state index in [0.29, 0.717) is 6.61 Å². The third-order valence-electron chi connectivity index (χ3n) is 5.98. The quantitative estimate of drug-likeness (QED) is 0.377. The SMILES string of the molecule is CC#CC(CC(=O)[O-])c1ccc(OCc2ccc(CN3CCCc4ccccc43)cc2)cc1.[Na+]. The van der Waals surface area contributed by atoms with Crippen LogP contribution in [0.2, 0.25) is 0 Å². The number of carboxylic acids is 1. The number of anilines is 1. The summed E-state index contributed by atoms with van der Waals surface area (Å²) >= 11 is 0. The van der Waals surface area contributed by atoms with Gasteiger partial charge in [-0.15, -0.1) is 5.92 Å². The Labute approximate surface area is 224 Å². The summed E-state index contributed by atoms with van der Waals surface area (Å²) in [5.41, 5.74) is 6.03. The van der Waals surface area contributed by atoms with E-state index < -0.39 is 5.97 Å². The molecule has 1 heterocycles. The maximum Gasteiger partial charge on any atom is 1.00 e. The van der Waals surface area contributed by atoms with Crippen LogP contribution in [0.1, 0.15) is 47.9 Å². The van der Waals surface area contributed by atoms with E-state index in [4.69, 9.17) is 4.74 Å². The zero-order valence-corrected chi connectivity index (χ0v) is 21.9. The van der Waals surface area contributed by atoms with Gasteiger partial charge in [-0.05, 0) is 60.2 Å². The Hall–Kier alpha value is -2.71. The van der Waals surface area contributed by atoms with Gasteiger partial charge in [-0.3, -0.25) is 0 Å². The number of carbonyl (C=O) groups is 1. The summed E-state index contributed by atoms with van der Waals surface area (Å²) in [5.74, 6) is 5.00. The maximum absolute atomic E-state index is 11.0. The standard InChI is InChI=1S/C29H29NO3.Na/c1-2-6-26(19-29(31)32)24-14-16-27(17-15-24)33-21-23-12-10-22(11-13-23)20-30-18-5-8-25-7-3-4-9-28(25)30;/h3-4,7,9-17,26H,5,8,18-21H2,1H3,(H,31,32);/q;+1/p-1. The fourth-order valence-corrected chi connectivity index (χ4v) is 4.29. The van der Waals surface area contributed by atoms with Crippen LogP contribution in [0, 0.1) is 11.8 Å². The Kier molecular flexibility index (Phi) is 9.65. The summed E-state index contributed by atoms with van der Waals surface area (Å²) in [5, 5.41) is 11.0. The number of hydrogen-bond acceptors (Lipinski definition) is 4. The zero-order valence-electron chi connectivity index (χ0n) is 19.9. The van der Waals surface area contributed by atoms with Crippen LogP contribution in [0.15, 0.2) is 72.8 Å². The predicted octanol–water partition coefficient (Wildman–Crippen LogP) is 1.47. The van der Waals surface area contributed by atoms with E-state index in [-0.39, 0.29) is 41.9 Å². The van der Waals surface area contributed by atoms with E-state index >= 15 is 0 Å². The van der Waals surface area contributed by atoms with Crippen LogP contribution in [0.25, 0.3) is 0 Å². The van der Waals surface area contributed by atoms with E-state index in [9.17, 15) is 9.90 Å². The molecule has 1 unspecified atom stereocenters. The van der Waals surface area contributed by atoms with Crippen LogP contribution in [0.4, 0.5) is 5.69 Å². The molecule has 0 aliphatic carbocycles. The van der Waals surface area contributed by atoms with Crippen molar-refractivity contribution >= 4 is 11.7 Å². The number of ether oxygens (including phenoxy) is 1. The van der Waals surface area contributed by atoms with E-state index in [1.54, 1.807) is 6.92 Å². The van der Waals surface area contributed by atoms with Crippen LogP contribution in [-0.2, 0) is 24.4 Å². The number of nitrogens with zero attached hydrogens (tertiary/aromatic N) is 1. The molecule has 1 aliphatic rings. The van der Waals surface area contributed by atoms with Crippen molar-refractivity contribution < 1.29 is 44.2 Å². The van der Waals surface area contributed by atoms with Gasteiger partial charge < -0.3 is 19.5 Å². The van der Waals surface area contributed by atoms with Gasteiger partial charge in [-0.25, -0.2) is 0 Å². The molecule has 0 amide bonds. The molecule has 0 aromatic heterocycles. The van der Waals surface area contributed by atoms with Crippen molar-refractivity contribution in [3.05, 3.63) is 95.1 Å². The van der Waals surface area contributed by atoms with Crippen LogP contribution in [-0.4, -0.2) is 12.5 Å². The van der Waals surface area contributed by atoms with Gasteiger partial charge in [0, 0.05) is 31.2 Å². The first-order valence-electron chi connectivity index (χ1n) is 11.4. The largest absolute Gasteiger partial charge is 1.00 e. The second-order valence-electron chi connectivity index (χ2n) is 8.35. The smallest absolute Gasteiger partial charge is 0.550 e. The van der Waals surface area contributed by atoms with Crippen molar-refractivity contribution in [2.24, 2.45) is 0 Å². The Balaban J connectivity index is 0.00000324. The summed E-state index contributed by atoms with van der Waals surface area (Å²) in [6.07, 6.45) is 2.24. The summed E-state index contributed by atoms with van der Waals surface area (Å²) in [4.78, 5) is 13.4. The summed E-state index contributed by atoms with van der Waals surface area (Å²) < 4.78 is 5.93. The first kappa shape index (κ1) is 25.9. The van der Waals surface area contributed by atoms with Gasteiger partial charge in [0.15, 0.2) is 0 Å². The van der Waals surface area contributed by atoms with Crippen molar-refractivity contribution in [1.29, 1.82) is 0 Å². The first-order chi connectivity index (χ1) is 16.1. The molecule has 0 saturated heterocycles. The summed E-state index contributed by atoms with van der Waals surface area (Å²) in [7, 11) is 0. The van der Waals surface area contributed by atoms with Crippen molar-refractivity contribution in [2.45, 2.75) is 45.3 Å². The monoisotopic (exact) mass is 461 g/mol. The molecule has 0 radical (unpaired) electrons. The number of hydrogen-bond donors (Lipinski definition) is 0. The molecule has 4 rings (SSSR count). The average molecular weight is 462 g/mol. The van der Waals surface area contributed by atoms with Crippen molar-refractivity contribution in [1.82, 2.24) is 0 Å². The molecule has 168 valence electrons. The molecule has 1 aliphatic heterocycles. The number of benzene rings is 3. The number of aryl methyl sites for hydroxylation is 1. The molecule has 0 N–H and O–H groups in total. The van der Waals surface area contributed by atoms with Gasteiger partial charge in [-0.1, -0.05) is 60.5 Å². The predicted molar refractivity (Wildman–Crippen MR) is 129 cm³/mol. The Morgan fingerprint density at radius 3 is 2.44 bits per heavy atom. The van der Waals surface area contributed by atoms with E-state index in [1.165, 1.54) is 23.2 Å². The number of para-hydroxylation sites is 1. The first-order valence-corrected chi connectivity index (χ1v) is 11.4. The van der Waals surface area contributed by atoms with Crippen LogP contribution in [0.3, 0.4) is 0 Å². The Morgan fingerprint density at radius 1 is 1.03 bits per heavy atom. The van der Waals surface area contributed by atoms with Gasteiger partial charge in [-0.2, -0.15) is 0 Å². The second kappa shape index (κ2) is 12.7. The number of rotatable bonds is 8. The van der Waals surface area contributed by atoms with Crippen LogP contribution in [0.5, 0.6) is 5.75 Å². The molecule has 5 heteroatoms. The fraction of sp³-hybridized carbons (Fsp3) is 0.276. The van der Waals surface area contributed by atoms with Gasteiger partial charge >= 0.3 is 29.6 Å². The summed E-state index contributed by atoms with van der Waals surface area (Å²) in [6.45, 7) is 4.18. The molecule has 1 atom stereocenters. The number of aliphatic carboxylic acids is 1. The third kappa shape index (κ3) is 6.90. The topological polar surface area (TPSA) is 52.6 Å². The number of carboxylic acid groups (broad SMARTS) is 1. The fourth-order valence-electron chi connectivity index (χ4n) is 4.29.